The van der Waals surface area contributed by atoms with Crippen LogP contribution >= 0.6 is 0 Å². The van der Waals surface area contributed by atoms with Gasteiger partial charge in [0, 0.05) is 61.8 Å². The molecule has 0 bridgehead atoms. The molecule has 1 fully saturated rings. The molecule has 0 unspecified atom stereocenters. The van der Waals surface area contributed by atoms with Gasteiger partial charge in [0.15, 0.2) is 11.4 Å². The van der Waals surface area contributed by atoms with Crippen molar-refractivity contribution in [2.24, 2.45) is 0 Å². The SMILES string of the molecule is CN(C)C/C=C/C(=O)Cc1cccc(-c2nc(Nc3cccc(N4CCN(C)CC4)c3)nc3n[nH]c(C(=O)Nc4cccc(F)c4)c23)c1. The van der Waals surface area contributed by atoms with Crippen molar-refractivity contribution in [1.29, 1.82) is 0 Å². The van der Waals surface area contributed by atoms with Crippen molar-refractivity contribution >= 4 is 45.7 Å². The molecular weight excluding hydrogens is 609 g/mol. The average molecular weight is 648 g/mol. The molecule has 0 spiro atoms. The van der Waals surface area contributed by atoms with Crippen LogP contribution < -0.4 is 15.5 Å². The lowest BCUT2D eigenvalue weighted by atomic mass is 10.0. The first-order valence-electron chi connectivity index (χ1n) is 15.8. The number of nitrogens with zero attached hydrogens (tertiary/aromatic N) is 6. The number of aromatic nitrogens is 4. The number of anilines is 4. The molecule has 0 atom stereocenters. The molecule has 11 nitrogen and oxygen atoms in total. The van der Waals surface area contributed by atoms with Crippen LogP contribution in [0.15, 0.2) is 84.9 Å². The highest BCUT2D eigenvalue weighted by molar-refractivity contribution is 6.13. The van der Waals surface area contributed by atoms with E-state index in [2.05, 4.69) is 54.8 Å². The van der Waals surface area contributed by atoms with E-state index in [9.17, 15) is 14.0 Å². The number of allylic oxidation sites excluding steroid dienone is 1. The van der Waals surface area contributed by atoms with E-state index in [0.29, 0.717) is 34.8 Å². The number of rotatable bonds is 11. The van der Waals surface area contributed by atoms with Crippen molar-refractivity contribution < 1.29 is 14.0 Å². The van der Waals surface area contributed by atoms with Gasteiger partial charge in [-0.25, -0.2) is 9.37 Å². The molecule has 3 N–H and O–H groups in total. The zero-order valence-corrected chi connectivity index (χ0v) is 27.2. The highest BCUT2D eigenvalue weighted by atomic mass is 19.1. The molecule has 12 heteroatoms. The van der Waals surface area contributed by atoms with Crippen LogP contribution in [0, 0.1) is 5.82 Å². The van der Waals surface area contributed by atoms with Gasteiger partial charge in [0.25, 0.3) is 5.91 Å². The van der Waals surface area contributed by atoms with Crippen LogP contribution in [0.1, 0.15) is 16.1 Å². The van der Waals surface area contributed by atoms with E-state index in [0.717, 1.165) is 43.1 Å². The van der Waals surface area contributed by atoms with Gasteiger partial charge in [-0.3, -0.25) is 14.7 Å². The van der Waals surface area contributed by atoms with Crippen LogP contribution in [0.3, 0.4) is 0 Å². The number of carbonyl (C=O) groups is 2. The predicted octanol–water partition coefficient (Wildman–Crippen LogP) is 5.14. The Hall–Kier alpha value is -5.46. The molecule has 246 valence electrons. The van der Waals surface area contributed by atoms with Gasteiger partial charge in [0.05, 0.1) is 11.1 Å². The molecule has 1 amide bonds. The fourth-order valence-corrected chi connectivity index (χ4v) is 5.57. The summed E-state index contributed by atoms with van der Waals surface area (Å²) in [6.07, 6.45) is 3.64. The number of halogens is 1. The zero-order chi connectivity index (χ0) is 33.6. The molecule has 48 heavy (non-hydrogen) atoms. The standard InChI is InChI=1S/C36H38FN9O2/c1-44(2)15-7-14-30(47)21-24-8-4-9-25(20-24)32-31-33(35(48)38-27-11-5-10-26(37)22-27)42-43-34(31)41-36(40-32)39-28-12-6-13-29(23-28)46-18-16-45(3)17-19-46/h4-14,20,22-23H,15-19,21H2,1-3H3,(H,38,48)(H2,39,40,41,42,43)/b14-7+. The average Bonchev–Trinajstić information content (AvgIpc) is 3.49. The lowest BCUT2D eigenvalue weighted by molar-refractivity contribution is -0.114. The number of hydrogen-bond donors (Lipinski definition) is 3. The quantitative estimate of drug-likeness (QED) is 0.167. The van der Waals surface area contributed by atoms with E-state index >= 15 is 0 Å². The Bertz CT molecular complexity index is 1960. The van der Waals surface area contributed by atoms with Crippen LogP contribution in [-0.2, 0) is 11.2 Å². The van der Waals surface area contributed by atoms with Crippen LogP contribution in [0.25, 0.3) is 22.3 Å². The summed E-state index contributed by atoms with van der Waals surface area (Å²) in [5.74, 6) is -0.722. The van der Waals surface area contributed by atoms with E-state index in [1.807, 2.05) is 61.5 Å². The molecule has 2 aromatic heterocycles. The van der Waals surface area contributed by atoms with E-state index in [1.165, 1.54) is 18.2 Å². The number of benzene rings is 3. The molecule has 0 radical (unpaired) electrons. The van der Waals surface area contributed by atoms with Crippen LogP contribution in [-0.4, -0.2) is 95.5 Å². The zero-order valence-electron chi connectivity index (χ0n) is 27.2. The fraction of sp³-hybridized carbons (Fsp3) is 0.250. The molecule has 6 rings (SSSR count). The number of H-pyrrole nitrogens is 1. The first-order valence-corrected chi connectivity index (χ1v) is 15.8. The van der Waals surface area contributed by atoms with Crippen molar-refractivity contribution in [1.82, 2.24) is 30.0 Å². The van der Waals surface area contributed by atoms with E-state index in [1.54, 1.807) is 12.1 Å². The molecule has 1 aliphatic heterocycles. The van der Waals surface area contributed by atoms with Gasteiger partial charge in [0.2, 0.25) is 5.95 Å². The third kappa shape index (κ3) is 7.91. The molecule has 5 aromatic rings. The number of carbonyl (C=O) groups excluding carboxylic acids is 2. The van der Waals surface area contributed by atoms with Crippen LogP contribution in [0.4, 0.5) is 27.4 Å². The summed E-state index contributed by atoms with van der Waals surface area (Å²) in [7, 11) is 6.01. The summed E-state index contributed by atoms with van der Waals surface area (Å²) >= 11 is 0. The van der Waals surface area contributed by atoms with Crippen molar-refractivity contribution in [2.45, 2.75) is 6.42 Å². The second kappa shape index (κ2) is 14.5. The van der Waals surface area contributed by atoms with Gasteiger partial charge in [0.1, 0.15) is 11.5 Å². The maximum Gasteiger partial charge on any atom is 0.274 e. The Balaban J connectivity index is 1.36. The Morgan fingerprint density at radius 1 is 0.958 bits per heavy atom. The second-order valence-corrected chi connectivity index (χ2v) is 12.1. The van der Waals surface area contributed by atoms with Gasteiger partial charge in [-0.15, -0.1) is 0 Å². The number of likely N-dealkylation sites (N-methyl/N-ethyl adjacent to an activating group) is 2. The van der Waals surface area contributed by atoms with Gasteiger partial charge < -0.3 is 25.3 Å². The number of piperazine rings is 1. The van der Waals surface area contributed by atoms with Crippen LogP contribution in [0.2, 0.25) is 0 Å². The van der Waals surface area contributed by atoms with Gasteiger partial charge in [-0.1, -0.05) is 36.4 Å². The van der Waals surface area contributed by atoms with Gasteiger partial charge in [-0.05, 0) is 75.2 Å². The van der Waals surface area contributed by atoms with E-state index in [4.69, 9.17) is 4.98 Å². The maximum atomic E-state index is 13.9. The van der Waals surface area contributed by atoms with E-state index in [-0.39, 0.29) is 23.5 Å². The topological polar surface area (TPSA) is 122 Å². The summed E-state index contributed by atoms with van der Waals surface area (Å²) in [5.41, 5.74) is 4.53. The van der Waals surface area contributed by atoms with Gasteiger partial charge in [-0.2, -0.15) is 10.1 Å². The normalized spacial score (nSPS) is 13.8. The second-order valence-electron chi connectivity index (χ2n) is 12.1. The lowest BCUT2D eigenvalue weighted by Gasteiger charge is -2.34. The summed E-state index contributed by atoms with van der Waals surface area (Å²) in [4.78, 5) is 42.4. The largest absolute Gasteiger partial charge is 0.369 e. The van der Waals surface area contributed by atoms with Crippen molar-refractivity contribution in [2.75, 3.05) is 69.4 Å². The fourth-order valence-electron chi connectivity index (χ4n) is 5.57. The molecular formula is C36H38FN9O2. The first-order chi connectivity index (χ1) is 23.2. The van der Waals surface area contributed by atoms with Crippen molar-refractivity contribution in [3.05, 3.63) is 102 Å². The minimum Gasteiger partial charge on any atom is -0.369 e. The minimum atomic E-state index is -0.522. The number of ketones is 1. The highest BCUT2D eigenvalue weighted by Gasteiger charge is 2.22. The summed E-state index contributed by atoms with van der Waals surface area (Å²) < 4.78 is 13.9. The van der Waals surface area contributed by atoms with Crippen LogP contribution in [0.5, 0.6) is 0 Å². The molecule has 1 saturated heterocycles. The van der Waals surface area contributed by atoms with E-state index < -0.39 is 11.7 Å². The Labute approximate surface area is 278 Å². The predicted molar refractivity (Wildman–Crippen MR) is 187 cm³/mol. The number of amides is 1. The minimum absolute atomic E-state index is 0.0251. The summed E-state index contributed by atoms with van der Waals surface area (Å²) in [5, 5.41) is 13.7. The summed E-state index contributed by atoms with van der Waals surface area (Å²) in [6, 6.07) is 21.3. The third-order valence-corrected chi connectivity index (χ3v) is 8.05. The smallest absolute Gasteiger partial charge is 0.274 e. The number of fused-ring (bicyclic) bond motifs is 1. The maximum absolute atomic E-state index is 13.9. The number of nitrogens with one attached hydrogen (secondary N) is 3. The monoisotopic (exact) mass is 647 g/mol. The van der Waals surface area contributed by atoms with Gasteiger partial charge >= 0.3 is 0 Å². The van der Waals surface area contributed by atoms with Crippen molar-refractivity contribution in [3.8, 4) is 11.3 Å². The molecule has 0 aliphatic carbocycles. The number of aromatic amines is 1. The lowest BCUT2D eigenvalue weighted by Crippen LogP contribution is -2.44. The Kier molecular flexibility index (Phi) is 9.83. The van der Waals surface area contributed by atoms with Crippen molar-refractivity contribution in [3.63, 3.8) is 0 Å². The Morgan fingerprint density at radius 3 is 2.52 bits per heavy atom. The summed E-state index contributed by atoms with van der Waals surface area (Å²) in [6.45, 7) is 4.52. The number of hydrogen-bond acceptors (Lipinski definition) is 9. The first kappa shape index (κ1) is 32.5. The molecule has 0 saturated carbocycles. The Morgan fingerprint density at radius 2 is 1.73 bits per heavy atom. The molecule has 1 aliphatic rings. The molecule has 3 aromatic carbocycles. The third-order valence-electron chi connectivity index (χ3n) is 8.05. The highest BCUT2D eigenvalue weighted by Crippen LogP contribution is 2.31. The molecule has 3 heterocycles.